The molecule has 2 nitrogen and oxygen atoms in total. The summed E-state index contributed by atoms with van der Waals surface area (Å²) in [5, 5.41) is 1.28. The van der Waals surface area contributed by atoms with Crippen LogP contribution in [0.2, 0.25) is 0 Å². The molecule has 6 aromatic rings. The fourth-order valence-electron chi connectivity index (χ4n) is 5.54. The van der Waals surface area contributed by atoms with Crippen LogP contribution in [0.4, 0.5) is 0 Å². The lowest BCUT2D eigenvalue weighted by Crippen LogP contribution is -2.32. The summed E-state index contributed by atoms with van der Waals surface area (Å²) >= 11 is 0. The lowest BCUT2D eigenvalue weighted by molar-refractivity contribution is -0.661. The van der Waals surface area contributed by atoms with E-state index in [1.807, 2.05) is 0 Å². The van der Waals surface area contributed by atoms with Crippen LogP contribution in [0.15, 0.2) is 115 Å². The maximum Gasteiger partial charge on any atom is 0.229 e. The molecule has 0 bridgehead atoms. The van der Waals surface area contributed by atoms with Gasteiger partial charge >= 0.3 is 0 Å². The fourth-order valence-corrected chi connectivity index (χ4v) is 5.54. The Bertz CT molecular complexity index is 1680. The third-order valence-electron chi connectivity index (χ3n) is 7.54. The SMILES string of the molecule is Cc1cc(-c2c(C)c3ccccc3n2-c2c(-c3ccccc3)cccc2-c2ccccc2)[n+](C)cc1C. The molecule has 0 aliphatic heterocycles. The molecular formula is C35H31N2+. The molecular weight excluding hydrogens is 448 g/mol. The molecule has 0 spiro atoms. The molecule has 180 valence electrons. The Hall–Kier alpha value is -4.43. The fraction of sp³-hybridized carbons (Fsp3) is 0.114. The second kappa shape index (κ2) is 9.22. The number of hydrogen-bond acceptors (Lipinski definition) is 0. The average Bonchev–Trinajstić information content (AvgIpc) is 3.23. The Kier molecular flexibility index (Phi) is 5.73. The van der Waals surface area contributed by atoms with Crippen LogP contribution in [0.5, 0.6) is 0 Å². The molecule has 2 heterocycles. The minimum absolute atomic E-state index is 1.21. The van der Waals surface area contributed by atoms with Gasteiger partial charge in [-0.3, -0.25) is 0 Å². The number of hydrogen-bond donors (Lipinski definition) is 0. The van der Waals surface area contributed by atoms with Gasteiger partial charge in [-0.25, -0.2) is 0 Å². The van der Waals surface area contributed by atoms with E-state index >= 15 is 0 Å². The van der Waals surface area contributed by atoms with E-state index in [2.05, 4.69) is 152 Å². The van der Waals surface area contributed by atoms with E-state index in [9.17, 15) is 0 Å². The molecule has 0 amide bonds. The van der Waals surface area contributed by atoms with Crippen LogP contribution in [-0.2, 0) is 7.05 Å². The Morgan fingerprint density at radius 1 is 0.595 bits per heavy atom. The van der Waals surface area contributed by atoms with Crippen molar-refractivity contribution in [3.8, 4) is 39.3 Å². The summed E-state index contributed by atoms with van der Waals surface area (Å²) in [4.78, 5) is 0. The number of rotatable bonds is 4. The molecule has 0 unspecified atom stereocenters. The minimum Gasteiger partial charge on any atom is -0.303 e. The monoisotopic (exact) mass is 479 g/mol. The van der Waals surface area contributed by atoms with Gasteiger partial charge in [0.1, 0.15) is 12.7 Å². The van der Waals surface area contributed by atoms with Crippen LogP contribution in [0.25, 0.3) is 50.2 Å². The van der Waals surface area contributed by atoms with Crippen LogP contribution in [-0.4, -0.2) is 4.57 Å². The summed E-state index contributed by atoms with van der Waals surface area (Å²) < 4.78 is 4.77. The molecule has 0 atom stereocenters. The highest BCUT2D eigenvalue weighted by Gasteiger charge is 2.26. The second-order valence-corrected chi connectivity index (χ2v) is 9.90. The van der Waals surface area contributed by atoms with Crippen molar-refractivity contribution in [1.29, 1.82) is 0 Å². The average molecular weight is 480 g/mol. The minimum atomic E-state index is 1.21. The quantitative estimate of drug-likeness (QED) is 0.225. The van der Waals surface area contributed by atoms with E-state index < -0.39 is 0 Å². The highest BCUT2D eigenvalue weighted by molar-refractivity contribution is 5.97. The van der Waals surface area contributed by atoms with E-state index in [-0.39, 0.29) is 0 Å². The van der Waals surface area contributed by atoms with Crippen LogP contribution < -0.4 is 4.57 Å². The zero-order valence-electron chi connectivity index (χ0n) is 21.9. The summed E-state index contributed by atoms with van der Waals surface area (Å²) in [5.74, 6) is 0. The Balaban J connectivity index is 1.81. The van der Waals surface area contributed by atoms with Crippen molar-refractivity contribution in [2.75, 3.05) is 0 Å². The third-order valence-corrected chi connectivity index (χ3v) is 7.54. The maximum atomic E-state index is 2.50. The van der Waals surface area contributed by atoms with Crippen molar-refractivity contribution in [3.05, 3.63) is 132 Å². The molecule has 0 radical (unpaired) electrons. The Labute approximate surface area is 219 Å². The molecule has 0 saturated carbocycles. The first kappa shape index (κ1) is 23.0. The van der Waals surface area contributed by atoms with Crippen LogP contribution >= 0.6 is 0 Å². The first-order valence-corrected chi connectivity index (χ1v) is 12.9. The van der Waals surface area contributed by atoms with Gasteiger partial charge in [0.05, 0.1) is 11.2 Å². The van der Waals surface area contributed by atoms with Crippen LogP contribution in [0.3, 0.4) is 0 Å². The van der Waals surface area contributed by atoms with Gasteiger partial charge in [-0.1, -0.05) is 97.1 Å². The van der Waals surface area contributed by atoms with Crippen molar-refractivity contribution in [2.45, 2.75) is 20.8 Å². The van der Waals surface area contributed by atoms with Crippen molar-refractivity contribution in [3.63, 3.8) is 0 Å². The molecule has 37 heavy (non-hydrogen) atoms. The van der Waals surface area contributed by atoms with Crippen LogP contribution in [0.1, 0.15) is 16.7 Å². The number of para-hydroxylation sites is 2. The van der Waals surface area contributed by atoms with E-state index in [1.165, 1.54) is 66.9 Å². The molecule has 4 aromatic carbocycles. The van der Waals surface area contributed by atoms with Crippen molar-refractivity contribution < 1.29 is 4.57 Å². The molecule has 0 saturated heterocycles. The Morgan fingerprint density at radius 3 is 1.78 bits per heavy atom. The first-order valence-electron chi connectivity index (χ1n) is 12.9. The maximum absolute atomic E-state index is 2.50. The van der Waals surface area contributed by atoms with Crippen molar-refractivity contribution in [2.24, 2.45) is 7.05 Å². The van der Waals surface area contributed by atoms with Gasteiger partial charge in [0.2, 0.25) is 5.69 Å². The number of fused-ring (bicyclic) bond motifs is 1. The second-order valence-electron chi connectivity index (χ2n) is 9.90. The van der Waals surface area contributed by atoms with E-state index in [0.29, 0.717) is 0 Å². The zero-order valence-corrected chi connectivity index (χ0v) is 21.9. The van der Waals surface area contributed by atoms with E-state index in [0.717, 1.165) is 0 Å². The lowest BCUT2D eigenvalue weighted by atomic mass is 9.95. The highest BCUT2D eigenvalue weighted by Crippen LogP contribution is 2.42. The third kappa shape index (κ3) is 3.86. The van der Waals surface area contributed by atoms with Gasteiger partial charge in [0, 0.05) is 28.1 Å². The van der Waals surface area contributed by atoms with Crippen molar-refractivity contribution >= 4 is 10.9 Å². The highest BCUT2D eigenvalue weighted by atomic mass is 15.0. The standard InChI is InChI=1S/C35H31N2/c1-24-22-33(36(4)23-25(24)2)34-26(3)29-18-11-12-21-32(29)37(34)35-30(27-14-7-5-8-15-27)19-13-20-31(35)28-16-9-6-10-17-28/h5-23H,1-4H3/q+1. The smallest absolute Gasteiger partial charge is 0.229 e. The summed E-state index contributed by atoms with van der Waals surface area (Å²) in [5.41, 5.74) is 13.6. The largest absolute Gasteiger partial charge is 0.303 e. The van der Waals surface area contributed by atoms with Gasteiger partial charge in [-0.05, 0) is 49.1 Å². The predicted octanol–water partition coefficient (Wildman–Crippen LogP) is 8.38. The summed E-state index contributed by atoms with van der Waals surface area (Å²) in [6.45, 7) is 6.64. The van der Waals surface area contributed by atoms with E-state index in [1.54, 1.807) is 0 Å². The Morgan fingerprint density at radius 2 is 1.16 bits per heavy atom. The summed E-state index contributed by atoms with van der Waals surface area (Å²) in [7, 11) is 2.16. The molecule has 2 heteroatoms. The van der Waals surface area contributed by atoms with E-state index in [4.69, 9.17) is 0 Å². The molecule has 6 rings (SSSR count). The van der Waals surface area contributed by atoms with Gasteiger partial charge in [0.25, 0.3) is 0 Å². The first-order chi connectivity index (χ1) is 18.0. The van der Waals surface area contributed by atoms with Gasteiger partial charge in [0.15, 0.2) is 6.20 Å². The number of aryl methyl sites for hydroxylation is 4. The van der Waals surface area contributed by atoms with Crippen LogP contribution in [0, 0.1) is 20.8 Å². The number of aromatic nitrogens is 2. The predicted molar refractivity (Wildman–Crippen MR) is 155 cm³/mol. The van der Waals surface area contributed by atoms with Gasteiger partial charge in [-0.15, -0.1) is 0 Å². The number of nitrogens with zero attached hydrogens (tertiary/aromatic N) is 2. The normalized spacial score (nSPS) is 11.2. The molecule has 0 N–H and O–H groups in total. The number of benzene rings is 4. The summed E-state index contributed by atoms with van der Waals surface area (Å²) in [6.07, 6.45) is 2.24. The zero-order chi connectivity index (χ0) is 25.5. The summed E-state index contributed by atoms with van der Waals surface area (Å²) in [6, 6.07) is 39.3. The molecule has 2 aromatic heterocycles. The lowest BCUT2D eigenvalue weighted by Gasteiger charge is -2.20. The van der Waals surface area contributed by atoms with Crippen molar-refractivity contribution in [1.82, 2.24) is 4.57 Å². The number of pyridine rings is 1. The molecule has 0 fully saturated rings. The van der Waals surface area contributed by atoms with Gasteiger partial charge < -0.3 is 4.57 Å². The topological polar surface area (TPSA) is 8.81 Å². The molecule has 0 aliphatic carbocycles. The molecule has 0 aliphatic rings. The van der Waals surface area contributed by atoms with Gasteiger partial charge in [-0.2, -0.15) is 4.57 Å².